The summed E-state index contributed by atoms with van der Waals surface area (Å²) in [5, 5.41) is 9.23. The van der Waals surface area contributed by atoms with Gasteiger partial charge in [-0.3, -0.25) is 0 Å². The minimum Gasteiger partial charge on any atom is -0.390 e. The maximum atomic E-state index is 12.5. The van der Waals surface area contributed by atoms with Crippen LogP contribution in [0.3, 0.4) is 0 Å². The average molecular weight is 150 g/mol. The van der Waals surface area contributed by atoms with E-state index in [2.05, 4.69) is 0 Å². The smallest absolute Gasteiger partial charge is 0.250 e. The Morgan fingerprint density at radius 3 is 2.20 bits per heavy atom. The molecule has 0 spiro atoms. The summed E-state index contributed by atoms with van der Waals surface area (Å²) >= 11 is 0. The number of hydrogen-bond acceptors (Lipinski definition) is 1. The van der Waals surface area contributed by atoms with Gasteiger partial charge in [-0.05, 0) is 19.8 Å². The standard InChI is InChI=1S/C7H12F2O/c1-6(10)3-2-4-7(8,9)5-6/h10H,2-5H2,1H3/t6-/m1/s1. The average Bonchev–Trinajstić information content (AvgIpc) is 1.56. The van der Waals surface area contributed by atoms with Gasteiger partial charge in [0, 0.05) is 12.8 Å². The summed E-state index contributed by atoms with van der Waals surface area (Å²) in [6.07, 6.45) is 0.492. The number of aliphatic hydroxyl groups is 1. The van der Waals surface area contributed by atoms with Crippen molar-refractivity contribution in [2.75, 3.05) is 0 Å². The molecular formula is C7H12F2O. The van der Waals surface area contributed by atoms with Crippen LogP contribution in [0.4, 0.5) is 8.78 Å². The van der Waals surface area contributed by atoms with Crippen LogP contribution in [0.25, 0.3) is 0 Å². The van der Waals surface area contributed by atoms with Crippen LogP contribution in [0.1, 0.15) is 32.6 Å². The molecule has 1 N–H and O–H groups in total. The maximum absolute atomic E-state index is 12.5. The number of halogens is 2. The number of hydrogen-bond donors (Lipinski definition) is 1. The van der Waals surface area contributed by atoms with E-state index in [9.17, 15) is 13.9 Å². The Balaban J connectivity index is 2.56. The lowest BCUT2D eigenvalue weighted by Gasteiger charge is -2.33. The molecule has 0 aliphatic heterocycles. The summed E-state index contributed by atoms with van der Waals surface area (Å²) < 4.78 is 25.1. The monoisotopic (exact) mass is 150 g/mol. The van der Waals surface area contributed by atoms with Crippen molar-refractivity contribution in [2.45, 2.75) is 44.1 Å². The fourth-order valence-corrected chi connectivity index (χ4v) is 1.46. The predicted octanol–water partition coefficient (Wildman–Crippen LogP) is 1.95. The van der Waals surface area contributed by atoms with E-state index in [1.54, 1.807) is 0 Å². The van der Waals surface area contributed by atoms with Crippen LogP contribution >= 0.6 is 0 Å². The molecule has 60 valence electrons. The highest BCUT2D eigenvalue weighted by Gasteiger charge is 2.41. The van der Waals surface area contributed by atoms with Crippen LogP contribution in [-0.2, 0) is 0 Å². The van der Waals surface area contributed by atoms with E-state index in [0.29, 0.717) is 12.8 Å². The van der Waals surface area contributed by atoms with Gasteiger partial charge in [0.15, 0.2) is 0 Å². The van der Waals surface area contributed by atoms with Gasteiger partial charge >= 0.3 is 0 Å². The Hall–Kier alpha value is -0.180. The molecule has 3 heteroatoms. The van der Waals surface area contributed by atoms with E-state index in [1.807, 2.05) is 0 Å². The first-order valence-electron chi connectivity index (χ1n) is 3.52. The lowest BCUT2D eigenvalue weighted by molar-refractivity contribution is -0.116. The molecule has 1 atom stereocenters. The van der Waals surface area contributed by atoms with E-state index >= 15 is 0 Å². The van der Waals surface area contributed by atoms with Crippen molar-refractivity contribution in [3.05, 3.63) is 0 Å². The van der Waals surface area contributed by atoms with Crippen LogP contribution in [0.5, 0.6) is 0 Å². The second-order valence-corrected chi connectivity index (χ2v) is 3.38. The molecule has 0 aromatic carbocycles. The van der Waals surface area contributed by atoms with Gasteiger partial charge in [0.05, 0.1) is 5.60 Å². The van der Waals surface area contributed by atoms with Gasteiger partial charge in [-0.15, -0.1) is 0 Å². The lowest BCUT2D eigenvalue weighted by atomic mass is 9.84. The van der Waals surface area contributed by atoms with Crippen molar-refractivity contribution < 1.29 is 13.9 Å². The van der Waals surface area contributed by atoms with Crippen molar-refractivity contribution in [3.63, 3.8) is 0 Å². The van der Waals surface area contributed by atoms with E-state index in [4.69, 9.17) is 0 Å². The minimum absolute atomic E-state index is 0.0663. The molecule has 0 bridgehead atoms. The summed E-state index contributed by atoms with van der Waals surface area (Å²) in [5.74, 6) is -2.64. The predicted molar refractivity (Wildman–Crippen MR) is 34.0 cm³/mol. The molecule has 1 saturated carbocycles. The van der Waals surface area contributed by atoms with E-state index < -0.39 is 11.5 Å². The number of alkyl halides is 2. The zero-order valence-electron chi connectivity index (χ0n) is 6.03. The third-order valence-electron chi connectivity index (χ3n) is 1.90. The molecule has 0 amide bonds. The third-order valence-corrected chi connectivity index (χ3v) is 1.90. The Morgan fingerprint density at radius 1 is 1.30 bits per heavy atom. The summed E-state index contributed by atoms with van der Waals surface area (Å²) in [5.41, 5.74) is -1.14. The second kappa shape index (κ2) is 2.16. The highest BCUT2D eigenvalue weighted by Crippen LogP contribution is 2.38. The van der Waals surface area contributed by atoms with Crippen LogP contribution in [0.15, 0.2) is 0 Å². The van der Waals surface area contributed by atoms with Crippen molar-refractivity contribution in [3.8, 4) is 0 Å². The van der Waals surface area contributed by atoms with Crippen molar-refractivity contribution >= 4 is 0 Å². The molecule has 1 nitrogen and oxygen atoms in total. The molecular weight excluding hydrogens is 138 g/mol. The van der Waals surface area contributed by atoms with Crippen LogP contribution in [0, 0.1) is 0 Å². The zero-order chi connectivity index (χ0) is 7.83. The zero-order valence-corrected chi connectivity index (χ0v) is 6.03. The molecule has 0 saturated heterocycles. The number of rotatable bonds is 0. The highest BCUT2D eigenvalue weighted by atomic mass is 19.3. The first kappa shape index (κ1) is 7.92. The van der Waals surface area contributed by atoms with Gasteiger partial charge < -0.3 is 5.11 Å². The summed E-state index contributed by atoms with van der Waals surface area (Å²) in [4.78, 5) is 0. The highest BCUT2D eigenvalue weighted by molar-refractivity contribution is 4.86. The normalized spacial score (nSPS) is 39.6. The Labute approximate surface area is 59.0 Å². The van der Waals surface area contributed by atoms with E-state index in [-0.39, 0.29) is 12.8 Å². The first-order valence-corrected chi connectivity index (χ1v) is 3.52. The summed E-state index contributed by atoms with van der Waals surface area (Å²) in [6.45, 7) is 1.47. The molecule has 0 aromatic heterocycles. The van der Waals surface area contributed by atoms with Crippen molar-refractivity contribution in [1.29, 1.82) is 0 Å². The third kappa shape index (κ3) is 1.90. The van der Waals surface area contributed by atoms with Crippen molar-refractivity contribution in [1.82, 2.24) is 0 Å². The SMILES string of the molecule is C[C@@]1(O)CCCC(F)(F)C1. The van der Waals surface area contributed by atoms with Gasteiger partial charge in [-0.1, -0.05) is 0 Å². The molecule has 1 rings (SSSR count). The lowest BCUT2D eigenvalue weighted by Crippen LogP contribution is -2.38. The summed E-state index contributed by atoms with van der Waals surface area (Å²) in [6, 6.07) is 0. The minimum atomic E-state index is -2.64. The second-order valence-electron chi connectivity index (χ2n) is 3.38. The fourth-order valence-electron chi connectivity index (χ4n) is 1.46. The Bertz CT molecular complexity index is 118. The Morgan fingerprint density at radius 2 is 1.90 bits per heavy atom. The van der Waals surface area contributed by atoms with Gasteiger partial charge in [-0.2, -0.15) is 0 Å². The molecule has 10 heavy (non-hydrogen) atoms. The van der Waals surface area contributed by atoms with Crippen LogP contribution in [0.2, 0.25) is 0 Å². The fraction of sp³-hybridized carbons (Fsp3) is 1.00. The van der Waals surface area contributed by atoms with Crippen LogP contribution in [-0.4, -0.2) is 16.6 Å². The van der Waals surface area contributed by atoms with E-state index in [0.717, 1.165) is 0 Å². The quantitative estimate of drug-likeness (QED) is 0.559. The first-order chi connectivity index (χ1) is 4.41. The summed E-state index contributed by atoms with van der Waals surface area (Å²) in [7, 11) is 0. The van der Waals surface area contributed by atoms with Gasteiger partial charge in [-0.25, -0.2) is 8.78 Å². The molecule has 0 aromatic rings. The molecule has 0 radical (unpaired) electrons. The molecule has 0 unspecified atom stereocenters. The maximum Gasteiger partial charge on any atom is 0.250 e. The van der Waals surface area contributed by atoms with E-state index in [1.165, 1.54) is 6.92 Å². The molecule has 1 fully saturated rings. The van der Waals surface area contributed by atoms with Crippen molar-refractivity contribution in [2.24, 2.45) is 0 Å². The topological polar surface area (TPSA) is 20.2 Å². The van der Waals surface area contributed by atoms with Gasteiger partial charge in [0.1, 0.15) is 0 Å². The molecule has 1 aliphatic carbocycles. The molecule has 1 aliphatic rings. The van der Waals surface area contributed by atoms with Gasteiger partial charge in [0.2, 0.25) is 0 Å². The largest absolute Gasteiger partial charge is 0.390 e. The van der Waals surface area contributed by atoms with Crippen LogP contribution < -0.4 is 0 Å². The molecule has 0 heterocycles. The van der Waals surface area contributed by atoms with Gasteiger partial charge in [0.25, 0.3) is 5.92 Å². The Kier molecular flexibility index (Phi) is 1.71.